The van der Waals surface area contributed by atoms with Crippen molar-refractivity contribution in [3.05, 3.63) is 0 Å². The summed E-state index contributed by atoms with van der Waals surface area (Å²) in [5.41, 5.74) is 0. The quantitative estimate of drug-likeness (QED) is 0.623. The minimum Gasteiger partial charge on any atom is -0.381 e. The Labute approximate surface area is 63.0 Å². The van der Waals surface area contributed by atoms with Gasteiger partial charge in [0.25, 0.3) is 0 Å². The minimum absolute atomic E-state index is 0.656. The third kappa shape index (κ3) is 1.96. The van der Waals surface area contributed by atoms with Crippen LogP contribution in [-0.2, 0) is 4.74 Å². The molecule has 0 aliphatic carbocycles. The molecule has 1 unspecified atom stereocenters. The standard InChI is InChI=1S/C8H17NO/c1-7(9-2)8-3-5-10-6-4-8/h7-9H,3-6H2,1-2H3. The lowest BCUT2D eigenvalue weighted by molar-refractivity contribution is 0.0569. The molecule has 1 saturated heterocycles. The third-order valence-electron chi connectivity index (χ3n) is 2.43. The summed E-state index contributed by atoms with van der Waals surface area (Å²) in [6.45, 7) is 4.16. The van der Waals surface area contributed by atoms with E-state index in [1.165, 1.54) is 12.8 Å². The van der Waals surface area contributed by atoms with Crippen LogP contribution in [0.1, 0.15) is 19.8 Å². The molecule has 1 N–H and O–H groups in total. The Hall–Kier alpha value is -0.0800. The first-order chi connectivity index (χ1) is 4.84. The zero-order chi connectivity index (χ0) is 7.40. The molecule has 0 amide bonds. The lowest BCUT2D eigenvalue weighted by atomic mass is 9.93. The van der Waals surface area contributed by atoms with Crippen LogP contribution in [0, 0.1) is 5.92 Å². The van der Waals surface area contributed by atoms with Gasteiger partial charge in [0.2, 0.25) is 0 Å². The Bertz CT molecular complexity index is 89.3. The Morgan fingerprint density at radius 3 is 2.50 bits per heavy atom. The second-order valence-electron chi connectivity index (χ2n) is 3.03. The fraction of sp³-hybridized carbons (Fsp3) is 1.00. The first kappa shape index (κ1) is 8.02. The van der Waals surface area contributed by atoms with E-state index in [2.05, 4.69) is 12.2 Å². The highest BCUT2D eigenvalue weighted by Gasteiger charge is 2.18. The summed E-state index contributed by atoms with van der Waals surface area (Å²) in [6.07, 6.45) is 2.45. The lowest BCUT2D eigenvalue weighted by Gasteiger charge is -2.27. The molecule has 10 heavy (non-hydrogen) atoms. The second kappa shape index (κ2) is 3.94. The van der Waals surface area contributed by atoms with E-state index in [0.29, 0.717) is 6.04 Å². The first-order valence-corrected chi connectivity index (χ1v) is 4.09. The third-order valence-corrected chi connectivity index (χ3v) is 2.43. The van der Waals surface area contributed by atoms with Crippen molar-refractivity contribution in [3.8, 4) is 0 Å². The molecule has 0 radical (unpaired) electrons. The van der Waals surface area contributed by atoms with Crippen LogP contribution in [0.25, 0.3) is 0 Å². The highest BCUT2D eigenvalue weighted by Crippen LogP contribution is 2.17. The van der Waals surface area contributed by atoms with Gasteiger partial charge in [-0.25, -0.2) is 0 Å². The van der Waals surface area contributed by atoms with Crippen molar-refractivity contribution in [1.82, 2.24) is 5.32 Å². The number of ether oxygens (including phenoxy) is 1. The predicted octanol–water partition coefficient (Wildman–Crippen LogP) is 1.02. The number of hydrogen-bond donors (Lipinski definition) is 1. The Morgan fingerprint density at radius 2 is 2.00 bits per heavy atom. The summed E-state index contributed by atoms with van der Waals surface area (Å²) in [5, 5.41) is 3.28. The molecule has 0 bridgehead atoms. The molecule has 0 aromatic heterocycles. The summed E-state index contributed by atoms with van der Waals surface area (Å²) in [5.74, 6) is 0.832. The van der Waals surface area contributed by atoms with E-state index in [1.807, 2.05) is 7.05 Å². The largest absolute Gasteiger partial charge is 0.381 e. The molecule has 1 aliphatic heterocycles. The topological polar surface area (TPSA) is 21.3 Å². The van der Waals surface area contributed by atoms with E-state index in [-0.39, 0.29) is 0 Å². The van der Waals surface area contributed by atoms with Crippen molar-refractivity contribution in [2.45, 2.75) is 25.8 Å². The van der Waals surface area contributed by atoms with Gasteiger partial charge in [-0.05, 0) is 32.7 Å². The van der Waals surface area contributed by atoms with Gasteiger partial charge in [-0.3, -0.25) is 0 Å². The SMILES string of the molecule is CNC(C)C1CCOCC1. The van der Waals surface area contributed by atoms with Gasteiger partial charge in [-0.2, -0.15) is 0 Å². The fourth-order valence-corrected chi connectivity index (χ4v) is 1.45. The maximum Gasteiger partial charge on any atom is 0.0469 e. The molecule has 0 aromatic carbocycles. The molecule has 0 aromatic rings. The van der Waals surface area contributed by atoms with Crippen molar-refractivity contribution >= 4 is 0 Å². The normalized spacial score (nSPS) is 24.6. The van der Waals surface area contributed by atoms with Gasteiger partial charge >= 0.3 is 0 Å². The molecular formula is C8H17NO. The van der Waals surface area contributed by atoms with Crippen LogP contribution >= 0.6 is 0 Å². The average Bonchev–Trinajstić information content (AvgIpc) is 2.05. The number of nitrogens with one attached hydrogen (secondary N) is 1. The summed E-state index contributed by atoms with van der Waals surface area (Å²) >= 11 is 0. The Kier molecular flexibility index (Phi) is 3.16. The molecule has 2 nitrogen and oxygen atoms in total. The van der Waals surface area contributed by atoms with E-state index in [9.17, 15) is 0 Å². The van der Waals surface area contributed by atoms with Gasteiger partial charge in [0.15, 0.2) is 0 Å². The Balaban J connectivity index is 2.24. The molecule has 60 valence electrons. The van der Waals surface area contributed by atoms with Crippen molar-refractivity contribution in [2.24, 2.45) is 5.92 Å². The Morgan fingerprint density at radius 1 is 1.40 bits per heavy atom. The van der Waals surface area contributed by atoms with Crippen LogP contribution in [0.5, 0.6) is 0 Å². The molecule has 1 rings (SSSR count). The molecule has 2 heteroatoms. The van der Waals surface area contributed by atoms with Crippen LogP contribution in [0.3, 0.4) is 0 Å². The van der Waals surface area contributed by atoms with Gasteiger partial charge in [0.1, 0.15) is 0 Å². The first-order valence-electron chi connectivity index (χ1n) is 4.09. The van der Waals surface area contributed by atoms with Crippen molar-refractivity contribution in [3.63, 3.8) is 0 Å². The molecule has 1 heterocycles. The van der Waals surface area contributed by atoms with Crippen molar-refractivity contribution < 1.29 is 4.74 Å². The van der Waals surface area contributed by atoms with Gasteiger partial charge in [-0.1, -0.05) is 0 Å². The summed E-state index contributed by atoms with van der Waals surface area (Å²) in [6, 6.07) is 0.656. The van der Waals surface area contributed by atoms with Crippen molar-refractivity contribution in [1.29, 1.82) is 0 Å². The van der Waals surface area contributed by atoms with Crippen LogP contribution in [0.4, 0.5) is 0 Å². The van der Waals surface area contributed by atoms with Crippen LogP contribution in [0.2, 0.25) is 0 Å². The van der Waals surface area contributed by atoms with E-state index < -0.39 is 0 Å². The summed E-state index contributed by atoms with van der Waals surface area (Å²) < 4.78 is 5.27. The lowest BCUT2D eigenvalue weighted by Crippen LogP contribution is -2.34. The highest BCUT2D eigenvalue weighted by atomic mass is 16.5. The summed E-state index contributed by atoms with van der Waals surface area (Å²) in [4.78, 5) is 0. The van der Waals surface area contributed by atoms with E-state index in [4.69, 9.17) is 4.74 Å². The maximum atomic E-state index is 5.27. The molecule has 1 fully saturated rings. The van der Waals surface area contributed by atoms with Gasteiger partial charge < -0.3 is 10.1 Å². The van der Waals surface area contributed by atoms with Crippen LogP contribution in [0.15, 0.2) is 0 Å². The molecular weight excluding hydrogens is 126 g/mol. The van der Waals surface area contributed by atoms with Crippen LogP contribution in [-0.4, -0.2) is 26.3 Å². The zero-order valence-electron chi connectivity index (χ0n) is 6.89. The molecule has 0 saturated carbocycles. The fourth-order valence-electron chi connectivity index (χ4n) is 1.45. The van der Waals surface area contributed by atoms with Crippen molar-refractivity contribution in [2.75, 3.05) is 20.3 Å². The predicted molar refractivity (Wildman–Crippen MR) is 42.1 cm³/mol. The number of hydrogen-bond acceptors (Lipinski definition) is 2. The van der Waals surface area contributed by atoms with E-state index in [0.717, 1.165) is 19.1 Å². The van der Waals surface area contributed by atoms with E-state index >= 15 is 0 Å². The average molecular weight is 143 g/mol. The van der Waals surface area contributed by atoms with Gasteiger partial charge in [-0.15, -0.1) is 0 Å². The molecule has 0 spiro atoms. The minimum atomic E-state index is 0.656. The van der Waals surface area contributed by atoms with Crippen LogP contribution < -0.4 is 5.32 Å². The number of rotatable bonds is 2. The monoisotopic (exact) mass is 143 g/mol. The molecule has 1 atom stereocenters. The zero-order valence-corrected chi connectivity index (χ0v) is 6.89. The summed E-state index contributed by atoms with van der Waals surface area (Å²) in [7, 11) is 2.03. The second-order valence-corrected chi connectivity index (χ2v) is 3.03. The molecule has 1 aliphatic rings. The van der Waals surface area contributed by atoms with Gasteiger partial charge in [0, 0.05) is 19.3 Å². The van der Waals surface area contributed by atoms with Gasteiger partial charge in [0.05, 0.1) is 0 Å². The smallest absolute Gasteiger partial charge is 0.0469 e. The highest BCUT2D eigenvalue weighted by molar-refractivity contribution is 4.72. The maximum absolute atomic E-state index is 5.27. The van der Waals surface area contributed by atoms with E-state index in [1.54, 1.807) is 0 Å².